The lowest BCUT2D eigenvalue weighted by Crippen LogP contribution is -2.21. The summed E-state index contributed by atoms with van der Waals surface area (Å²) in [5.74, 6) is 1.02. The maximum absolute atomic E-state index is 5.99. The summed E-state index contributed by atoms with van der Waals surface area (Å²) < 4.78 is 5.99. The number of aryl methyl sites for hydroxylation is 1. The van der Waals surface area contributed by atoms with E-state index in [1.807, 2.05) is 36.7 Å². The van der Waals surface area contributed by atoms with E-state index in [0.717, 1.165) is 36.1 Å². The van der Waals surface area contributed by atoms with Gasteiger partial charge in [-0.2, -0.15) is 0 Å². The summed E-state index contributed by atoms with van der Waals surface area (Å²) in [5, 5.41) is 4.68. The highest BCUT2D eigenvalue weighted by molar-refractivity contribution is 5.77. The molecule has 0 radical (unpaired) electrons. The monoisotopic (exact) mass is 280 g/mol. The lowest BCUT2D eigenvalue weighted by molar-refractivity contribution is 0.417. The van der Waals surface area contributed by atoms with E-state index in [0.29, 0.717) is 0 Å². The van der Waals surface area contributed by atoms with Crippen molar-refractivity contribution < 1.29 is 4.42 Å². The van der Waals surface area contributed by atoms with Crippen molar-refractivity contribution in [1.29, 1.82) is 0 Å². The van der Waals surface area contributed by atoms with Gasteiger partial charge in [0.15, 0.2) is 0 Å². The molecule has 1 aromatic carbocycles. The summed E-state index contributed by atoms with van der Waals surface area (Å²) in [7, 11) is 0. The third kappa shape index (κ3) is 3.31. The molecule has 0 saturated carbocycles. The molecule has 3 aromatic rings. The molecule has 21 heavy (non-hydrogen) atoms. The van der Waals surface area contributed by atoms with E-state index in [9.17, 15) is 0 Å². The molecule has 1 atom stereocenters. The molecule has 0 spiro atoms. The Morgan fingerprint density at radius 1 is 1.19 bits per heavy atom. The normalized spacial score (nSPS) is 12.6. The topological polar surface area (TPSA) is 38.1 Å². The van der Waals surface area contributed by atoms with Gasteiger partial charge in [0.1, 0.15) is 11.3 Å². The van der Waals surface area contributed by atoms with E-state index in [1.165, 1.54) is 5.56 Å². The highest BCUT2D eigenvalue weighted by atomic mass is 16.3. The van der Waals surface area contributed by atoms with Crippen molar-refractivity contribution in [2.45, 2.75) is 25.8 Å². The van der Waals surface area contributed by atoms with Crippen LogP contribution < -0.4 is 5.32 Å². The first-order valence-corrected chi connectivity index (χ1v) is 7.47. The van der Waals surface area contributed by atoms with Gasteiger partial charge in [-0.1, -0.05) is 31.2 Å². The van der Waals surface area contributed by atoms with Gasteiger partial charge in [0.25, 0.3) is 0 Å². The number of benzene rings is 1. The van der Waals surface area contributed by atoms with Crippen LogP contribution in [0.2, 0.25) is 0 Å². The molecular formula is C18H20N2O. The van der Waals surface area contributed by atoms with Gasteiger partial charge in [-0.15, -0.1) is 0 Å². The summed E-state index contributed by atoms with van der Waals surface area (Å²) >= 11 is 0. The van der Waals surface area contributed by atoms with E-state index in [4.69, 9.17) is 4.42 Å². The number of pyridine rings is 1. The average molecular weight is 280 g/mol. The van der Waals surface area contributed by atoms with Crippen molar-refractivity contribution in [3.63, 3.8) is 0 Å². The van der Waals surface area contributed by atoms with Crippen LogP contribution in [-0.4, -0.2) is 11.5 Å². The van der Waals surface area contributed by atoms with Crippen LogP contribution >= 0.6 is 0 Å². The van der Waals surface area contributed by atoms with Crippen LogP contribution in [0.1, 0.15) is 30.7 Å². The summed E-state index contributed by atoms with van der Waals surface area (Å²) in [5.41, 5.74) is 2.22. The Morgan fingerprint density at radius 2 is 2.10 bits per heavy atom. The molecule has 0 aliphatic carbocycles. The van der Waals surface area contributed by atoms with Crippen LogP contribution in [0.4, 0.5) is 0 Å². The zero-order valence-electron chi connectivity index (χ0n) is 12.3. The minimum Gasteiger partial charge on any atom is -0.459 e. The maximum atomic E-state index is 5.99. The molecule has 2 aromatic heterocycles. The van der Waals surface area contributed by atoms with Crippen molar-refractivity contribution in [3.05, 3.63) is 66.2 Å². The number of para-hydroxylation sites is 1. The first-order chi connectivity index (χ1) is 10.4. The molecule has 0 fully saturated rings. The number of aromatic nitrogens is 1. The van der Waals surface area contributed by atoms with Crippen molar-refractivity contribution in [3.8, 4) is 0 Å². The Hall–Kier alpha value is -2.13. The second kappa shape index (κ2) is 6.55. The lowest BCUT2D eigenvalue weighted by atomic mass is 10.0. The standard InChI is InChI=1S/C18H20N2O/c1-2-20-16(10-9-14-6-5-11-19-13-14)18-12-15-7-3-4-8-17(15)21-18/h3-8,11-13,16,20H,2,9-10H2,1H3. The Kier molecular flexibility index (Phi) is 4.31. The van der Waals surface area contributed by atoms with Gasteiger partial charge in [-0.05, 0) is 43.1 Å². The number of nitrogens with one attached hydrogen (secondary N) is 1. The number of nitrogens with zero attached hydrogens (tertiary/aromatic N) is 1. The van der Waals surface area contributed by atoms with E-state index in [-0.39, 0.29) is 6.04 Å². The number of fused-ring (bicyclic) bond motifs is 1. The summed E-state index contributed by atoms with van der Waals surface area (Å²) in [6.45, 7) is 3.05. The Balaban J connectivity index is 1.77. The molecule has 3 heteroatoms. The predicted octanol–water partition coefficient (Wildman–Crippen LogP) is 4.11. The minimum atomic E-state index is 0.239. The quantitative estimate of drug-likeness (QED) is 0.738. The van der Waals surface area contributed by atoms with Crippen LogP contribution in [-0.2, 0) is 6.42 Å². The SMILES string of the molecule is CCNC(CCc1cccnc1)c1cc2ccccc2o1. The van der Waals surface area contributed by atoms with Gasteiger partial charge in [-0.25, -0.2) is 0 Å². The second-order valence-electron chi connectivity index (χ2n) is 5.20. The molecule has 0 saturated heterocycles. The maximum Gasteiger partial charge on any atom is 0.134 e. The van der Waals surface area contributed by atoms with Crippen molar-refractivity contribution in [1.82, 2.24) is 10.3 Å². The summed E-state index contributed by atoms with van der Waals surface area (Å²) in [6.07, 6.45) is 5.73. The largest absolute Gasteiger partial charge is 0.459 e. The molecule has 0 amide bonds. The van der Waals surface area contributed by atoms with Crippen LogP contribution in [0, 0.1) is 0 Å². The average Bonchev–Trinajstić information content (AvgIpc) is 2.96. The van der Waals surface area contributed by atoms with Gasteiger partial charge < -0.3 is 9.73 Å². The van der Waals surface area contributed by atoms with E-state index < -0.39 is 0 Å². The third-order valence-electron chi connectivity index (χ3n) is 3.68. The molecule has 0 aliphatic heterocycles. The van der Waals surface area contributed by atoms with Crippen LogP contribution in [0.15, 0.2) is 59.3 Å². The second-order valence-corrected chi connectivity index (χ2v) is 5.20. The van der Waals surface area contributed by atoms with Gasteiger partial charge in [-0.3, -0.25) is 4.98 Å². The van der Waals surface area contributed by atoms with Gasteiger partial charge in [0.2, 0.25) is 0 Å². The fourth-order valence-electron chi connectivity index (χ4n) is 2.62. The first kappa shape index (κ1) is 13.8. The molecule has 1 N–H and O–H groups in total. The fraction of sp³-hybridized carbons (Fsp3) is 0.278. The fourth-order valence-corrected chi connectivity index (χ4v) is 2.62. The Bertz CT molecular complexity index is 658. The number of hydrogen-bond donors (Lipinski definition) is 1. The highest BCUT2D eigenvalue weighted by Crippen LogP contribution is 2.26. The highest BCUT2D eigenvalue weighted by Gasteiger charge is 2.15. The van der Waals surface area contributed by atoms with E-state index in [2.05, 4.69) is 35.4 Å². The number of furan rings is 1. The van der Waals surface area contributed by atoms with Crippen molar-refractivity contribution >= 4 is 11.0 Å². The van der Waals surface area contributed by atoms with Crippen LogP contribution in [0.25, 0.3) is 11.0 Å². The number of rotatable bonds is 6. The van der Waals surface area contributed by atoms with Gasteiger partial charge in [0.05, 0.1) is 6.04 Å². The minimum absolute atomic E-state index is 0.239. The molecule has 3 nitrogen and oxygen atoms in total. The third-order valence-corrected chi connectivity index (χ3v) is 3.68. The molecule has 108 valence electrons. The molecule has 2 heterocycles. The van der Waals surface area contributed by atoms with Crippen LogP contribution in [0.3, 0.4) is 0 Å². The predicted molar refractivity (Wildman–Crippen MR) is 85.2 cm³/mol. The van der Waals surface area contributed by atoms with Gasteiger partial charge >= 0.3 is 0 Å². The molecule has 3 rings (SSSR count). The first-order valence-electron chi connectivity index (χ1n) is 7.47. The summed E-state index contributed by atoms with van der Waals surface area (Å²) in [6, 6.07) is 14.6. The molecule has 1 unspecified atom stereocenters. The van der Waals surface area contributed by atoms with Gasteiger partial charge in [0, 0.05) is 17.8 Å². The molecule has 0 aliphatic rings. The Morgan fingerprint density at radius 3 is 2.86 bits per heavy atom. The number of hydrogen-bond acceptors (Lipinski definition) is 3. The van der Waals surface area contributed by atoms with Crippen LogP contribution in [0.5, 0.6) is 0 Å². The van der Waals surface area contributed by atoms with E-state index in [1.54, 1.807) is 0 Å². The smallest absolute Gasteiger partial charge is 0.134 e. The van der Waals surface area contributed by atoms with E-state index >= 15 is 0 Å². The van der Waals surface area contributed by atoms with Crippen molar-refractivity contribution in [2.24, 2.45) is 0 Å². The summed E-state index contributed by atoms with van der Waals surface area (Å²) in [4.78, 5) is 4.17. The molecule has 0 bridgehead atoms. The molecular weight excluding hydrogens is 260 g/mol. The lowest BCUT2D eigenvalue weighted by Gasteiger charge is -2.15. The Labute approximate surface area is 125 Å². The zero-order chi connectivity index (χ0) is 14.5. The van der Waals surface area contributed by atoms with Crippen molar-refractivity contribution in [2.75, 3.05) is 6.54 Å². The zero-order valence-corrected chi connectivity index (χ0v) is 12.3.